The topological polar surface area (TPSA) is 26.3 Å². The van der Waals surface area contributed by atoms with Crippen molar-refractivity contribution in [1.82, 2.24) is 0 Å². The normalized spacial score (nSPS) is 20.6. The van der Waals surface area contributed by atoms with E-state index in [0.717, 1.165) is 38.2 Å². The summed E-state index contributed by atoms with van der Waals surface area (Å²) in [5, 5.41) is 0.702. The van der Waals surface area contributed by atoms with Gasteiger partial charge in [0.2, 0.25) is 0 Å². The van der Waals surface area contributed by atoms with Crippen LogP contribution >= 0.6 is 0 Å². The summed E-state index contributed by atoms with van der Waals surface area (Å²) in [5.41, 5.74) is 0. The lowest BCUT2D eigenvalue weighted by molar-refractivity contribution is -0.140. The van der Waals surface area contributed by atoms with Gasteiger partial charge in [-0.05, 0) is 81.0 Å². The zero-order valence-corrected chi connectivity index (χ0v) is 15.0. The molecule has 0 radical (unpaired) electrons. The quantitative estimate of drug-likeness (QED) is 0.362. The molecule has 0 N–H and O–H groups in total. The van der Waals surface area contributed by atoms with Gasteiger partial charge < -0.3 is 4.74 Å². The van der Waals surface area contributed by atoms with Crippen molar-refractivity contribution in [2.45, 2.75) is 45.4 Å². The predicted molar refractivity (Wildman–Crippen MR) is 99.0 cm³/mol. The van der Waals surface area contributed by atoms with E-state index in [2.05, 4.69) is 12.2 Å². The molecule has 0 heterocycles. The van der Waals surface area contributed by atoms with E-state index in [0.29, 0.717) is 17.1 Å². The van der Waals surface area contributed by atoms with E-state index in [1.807, 2.05) is 6.92 Å². The number of carbonyl (C=O) groups excluding carboxylic acids is 1. The number of hydrogen-bond acceptors (Lipinski definition) is 2. The number of fused-ring (bicyclic) bond motifs is 1. The van der Waals surface area contributed by atoms with Crippen molar-refractivity contribution in [3.8, 4) is 5.75 Å². The van der Waals surface area contributed by atoms with Gasteiger partial charge in [0.1, 0.15) is 5.75 Å². The van der Waals surface area contributed by atoms with Crippen LogP contribution in [0.5, 0.6) is 5.75 Å². The Balaban J connectivity index is 1.58. The number of ether oxygens (including phenoxy) is 1. The monoisotopic (exact) mass is 358 g/mol. The minimum Gasteiger partial charge on any atom is -0.426 e. The van der Waals surface area contributed by atoms with Crippen LogP contribution in [0.4, 0.5) is 8.78 Å². The Bertz CT molecular complexity index is 805. The molecule has 0 aliphatic heterocycles. The Morgan fingerprint density at radius 2 is 1.92 bits per heavy atom. The van der Waals surface area contributed by atoms with Gasteiger partial charge in [-0.3, -0.25) is 4.79 Å². The first-order valence-corrected chi connectivity index (χ1v) is 9.29. The number of benzene rings is 2. The molecule has 1 fully saturated rings. The van der Waals surface area contributed by atoms with E-state index < -0.39 is 11.6 Å². The molecule has 0 amide bonds. The highest BCUT2D eigenvalue weighted by molar-refractivity contribution is 5.85. The average molecular weight is 358 g/mol. The van der Waals surface area contributed by atoms with E-state index >= 15 is 0 Å². The van der Waals surface area contributed by atoms with Crippen molar-refractivity contribution in [1.29, 1.82) is 0 Å². The SMILES string of the molecule is C/C=C/CCC1CCC(C(=O)Oc2ccc3c(F)c(F)ccc3c2)CC1. The number of hydrogen-bond donors (Lipinski definition) is 0. The van der Waals surface area contributed by atoms with Crippen LogP contribution in [0.3, 0.4) is 0 Å². The maximum atomic E-state index is 13.7. The average Bonchev–Trinajstić information content (AvgIpc) is 2.65. The predicted octanol–water partition coefficient (Wildman–Crippen LogP) is 6.19. The number of esters is 1. The van der Waals surface area contributed by atoms with E-state index in [4.69, 9.17) is 4.74 Å². The highest BCUT2D eigenvalue weighted by Crippen LogP contribution is 2.33. The summed E-state index contributed by atoms with van der Waals surface area (Å²) in [4.78, 5) is 12.4. The van der Waals surface area contributed by atoms with E-state index in [-0.39, 0.29) is 17.3 Å². The lowest BCUT2D eigenvalue weighted by Gasteiger charge is -2.26. The smallest absolute Gasteiger partial charge is 0.314 e. The second-order valence-corrected chi connectivity index (χ2v) is 7.03. The van der Waals surface area contributed by atoms with Gasteiger partial charge in [-0.2, -0.15) is 0 Å². The zero-order chi connectivity index (χ0) is 18.5. The van der Waals surface area contributed by atoms with Crippen LogP contribution in [0.1, 0.15) is 45.4 Å². The maximum absolute atomic E-state index is 13.7. The second kappa shape index (κ2) is 8.43. The third kappa shape index (κ3) is 4.29. The lowest BCUT2D eigenvalue weighted by atomic mass is 9.80. The van der Waals surface area contributed by atoms with Gasteiger partial charge in [-0.15, -0.1) is 0 Å². The van der Waals surface area contributed by atoms with Crippen LogP contribution in [0.15, 0.2) is 42.5 Å². The highest BCUT2D eigenvalue weighted by atomic mass is 19.2. The van der Waals surface area contributed by atoms with Crippen LogP contribution in [0, 0.1) is 23.5 Å². The summed E-state index contributed by atoms with van der Waals surface area (Å²) < 4.78 is 32.5. The van der Waals surface area contributed by atoms with Crippen LogP contribution in [-0.2, 0) is 4.79 Å². The van der Waals surface area contributed by atoms with Gasteiger partial charge in [-0.25, -0.2) is 8.78 Å². The standard InChI is InChI=1S/C22H24F2O2/c1-2-3-4-5-15-6-8-16(9-7-15)22(25)26-18-11-12-19-17(14-18)10-13-20(23)21(19)24/h2-3,10-16H,4-9H2,1H3/b3-2+. The van der Waals surface area contributed by atoms with Crippen molar-refractivity contribution in [3.63, 3.8) is 0 Å². The summed E-state index contributed by atoms with van der Waals surface area (Å²) in [7, 11) is 0. The zero-order valence-electron chi connectivity index (χ0n) is 15.0. The molecule has 26 heavy (non-hydrogen) atoms. The Morgan fingerprint density at radius 1 is 1.15 bits per heavy atom. The molecule has 0 spiro atoms. The highest BCUT2D eigenvalue weighted by Gasteiger charge is 2.27. The molecule has 0 aromatic heterocycles. The molecule has 3 rings (SSSR count). The molecule has 2 aromatic carbocycles. The Morgan fingerprint density at radius 3 is 2.65 bits per heavy atom. The third-order valence-electron chi connectivity index (χ3n) is 5.25. The van der Waals surface area contributed by atoms with Crippen molar-refractivity contribution < 1.29 is 18.3 Å². The van der Waals surface area contributed by atoms with Gasteiger partial charge in [-0.1, -0.05) is 18.2 Å². The molecule has 4 heteroatoms. The number of allylic oxidation sites excluding steroid dienone is 2. The van der Waals surface area contributed by atoms with Gasteiger partial charge in [0.25, 0.3) is 0 Å². The van der Waals surface area contributed by atoms with Gasteiger partial charge in [0, 0.05) is 5.39 Å². The first kappa shape index (κ1) is 18.6. The number of carbonyl (C=O) groups is 1. The van der Waals surface area contributed by atoms with Crippen molar-refractivity contribution in [3.05, 3.63) is 54.1 Å². The van der Waals surface area contributed by atoms with Gasteiger partial charge in [0.05, 0.1) is 5.92 Å². The molecular weight excluding hydrogens is 334 g/mol. The molecule has 2 aromatic rings. The molecule has 1 aliphatic rings. The van der Waals surface area contributed by atoms with Crippen LogP contribution in [0.25, 0.3) is 10.8 Å². The van der Waals surface area contributed by atoms with Crippen LogP contribution in [0.2, 0.25) is 0 Å². The molecule has 2 nitrogen and oxygen atoms in total. The van der Waals surface area contributed by atoms with Crippen LogP contribution < -0.4 is 4.74 Å². The Hall–Kier alpha value is -2.23. The first-order chi connectivity index (χ1) is 12.6. The fraction of sp³-hybridized carbons (Fsp3) is 0.409. The van der Waals surface area contributed by atoms with E-state index in [1.165, 1.54) is 24.6 Å². The molecule has 1 saturated carbocycles. The lowest BCUT2D eigenvalue weighted by Crippen LogP contribution is -2.25. The van der Waals surface area contributed by atoms with E-state index in [9.17, 15) is 13.6 Å². The summed E-state index contributed by atoms with van der Waals surface area (Å²) in [6.45, 7) is 2.03. The largest absolute Gasteiger partial charge is 0.426 e. The summed E-state index contributed by atoms with van der Waals surface area (Å²) >= 11 is 0. The summed E-state index contributed by atoms with van der Waals surface area (Å²) in [5.74, 6) is -0.991. The Kier molecular flexibility index (Phi) is 6.02. The fourth-order valence-corrected chi connectivity index (χ4v) is 3.69. The molecule has 138 valence electrons. The summed E-state index contributed by atoms with van der Waals surface area (Å²) in [6, 6.07) is 7.12. The number of rotatable bonds is 5. The number of halogens is 2. The van der Waals surface area contributed by atoms with Gasteiger partial charge >= 0.3 is 5.97 Å². The molecule has 0 bridgehead atoms. The molecular formula is C22H24F2O2. The summed E-state index contributed by atoms with van der Waals surface area (Å²) in [6.07, 6.45) is 10.4. The molecule has 1 aliphatic carbocycles. The van der Waals surface area contributed by atoms with Crippen molar-refractivity contribution in [2.24, 2.45) is 11.8 Å². The minimum atomic E-state index is -0.881. The van der Waals surface area contributed by atoms with Crippen molar-refractivity contribution >= 4 is 16.7 Å². The Labute approximate surface area is 152 Å². The molecule has 0 atom stereocenters. The van der Waals surface area contributed by atoms with Crippen molar-refractivity contribution in [2.75, 3.05) is 0 Å². The van der Waals surface area contributed by atoms with Crippen LogP contribution in [-0.4, -0.2) is 5.97 Å². The van der Waals surface area contributed by atoms with Gasteiger partial charge in [0.15, 0.2) is 11.6 Å². The molecule has 0 unspecified atom stereocenters. The second-order valence-electron chi connectivity index (χ2n) is 7.03. The fourth-order valence-electron chi connectivity index (χ4n) is 3.69. The molecule has 0 saturated heterocycles. The minimum absolute atomic E-state index is 0.0754. The van der Waals surface area contributed by atoms with E-state index in [1.54, 1.807) is 6.07 Å². The third-order valence-corrected chi connectivity index (χ3v) is 5.25. The maximum Gasteiger partial charge on any atom is 0.314 e. The first-order valence-electron chi connectivity index (χ1n) is 9.29.